The maximum Gasteiger partial charge on any atom is 0.267 e. The van der Waals surface area contributed by atoms with Crippen LogP contribution in [0.3, 0.4) is 0 Å². The minimum absolute atomic E-state index is 0.123. The molecule has 1 fully saturated rings. The van der Waals surface area contributed by atoms with Crippen molar-refractivity contribution >= 4 is 22.6 Å². The molecule has 0 saturated heterocycles. The van der Waals surface area contributed by atoms with Crippen molar-refractivity contribution in [2.24, 2.45) is 5.92 Å². The van der Waals surface area contributed by atoms with Crippen LogP contribution in [0.5, 0.6) is 0 Å². The molecule has 2 N–H and O–H groups in total. The van der Waals surface area contributed by atoms with Crippen LogP contribution in [0.4, 0.5) is 0 Å². The number of pyridine rings is 2. The molecule has 0 aromatic carbocycles. The van der Waals surface area contributed by atoms with E-state index < -0.39 is 0 Å². The van der Waals surface area contributed by atoms with Crippen LogP contribution in [-0.4, -0.2) is 26.9 Å². The van der Waals surface area contributed by atoms with E-state index in [4.69, 9.17) is 10.4 Å². The molecule has 0 radical (unpaired) electrons. The van der Waals surface area contributed by atoms with Crippen LogP contribution in [0.2, 0.25) is 0 Å². The standard InChI is InChI=1S/C25H33N5O2/c1-27-24(31)19-16-20-23(28-21-14-10-11-15-29(21)25(20)32)30(22(19)26)17-18-12-8-6-4-2-3-5-7-9-13-18/h10-11,14-16,18,26H,2-9,12-13,17H2,1H3,(H,27,31). The van der Waals surface area contributed by atoms with Crippen LogP contribution in [0.1, 0.15) is 74.6 Å². The molecule has 3 aromatic rings. The first-order chi connectivity index (χ1) is 15.6. The van der Waals surface area contributed by atoms with Gasteiger partial charge in [0.2, 0.25) is 0 Å². The monoisotopic (exact) mass is 435 g/mol. The van der Waals surface area contributed by atoms with Crippen molar-refractivity contribution in [1.82, 2.24) is 19.3 Å². The Bertz CT molecular complexity index is 1210. The molecule has 1 saturated carbocycles. The second kappa shape index (κ2) is 10.1. The van der Waals surface area contributed by atoms with E-state index in [1.807, 2.05) is 6.07 Å². The lowest BCUT2D eigenvalue weighted by Crippen LogP contribution is -2.35. The summed E-state index contributed by atoms with van der Waals surface area (Å²) in [4.78, 5) is 30.5. The first kappa shape index (κ1) is 22.2. The lowest BCUT2D eigenvalue weighted by atomic mass is 9.95. The van der Waals surface area contributed by atoms with Gasteiger partial charge >= 0.3 is 0 Å². The number of carbonyl (C=O) groups excluding carboxylic acids is 1. The van der Waals surface area contributed by atoms with E-state index in [2.05, 4.69) is 5.32 Å². The summed E-state index contributed by atoms with van der Waals surface area (Å²) >= 11 is 0. The van der Waals surface area contributed by atoms with Crippen molar-refractivity contribution in [3.8, 4) is 0 Å². The summed E-state index contributed by atoms with van der Waals surface area (Å²) in [7, 11) is 1.55. The number of carbonyl (C=O) groups is 1. The SMILES string of the molecule is CNC(=O)c1cc2c(=O)n3ccccc3nc2n(CC2CCCCCCCCCC2)c1=N. The Labute approximate surface area is 188 Å². The summed E-state index contributed by atoms with van der Waals surface area (Å²) in [6.07, 6.45) is 14.0. The Balaban J connectivity index is 1.83. The van der Waals surface area contributed by atoms with E-state index in [0.29, 0.717) is 29.1 Å². The Morgan fingerprint density at radius 1 is 1.09 bits per heavy atom. The fourth-order valence-electron chi connectivity index (χ4n) is 4.88. The molecule has 1 aliphatic rings. The summed E-state index contributed by atoms with van der Waals surface area (Å²) in [5, 5.41) is 11.8. The van der Waals surface area contributed by atoms with Gasteiger partial charge in [-0.1, -0.05) is 57.4 Å². The highest BCUT2D eigenvalue weighted by atomic mass is 16.1. The Morgan fingerprint density at radius 3 is 2.41 bits per heavy atom. The molecule has 0 bridgehead atoms. The minimum Gasteiger partial charge on any atom is -0.355 e. The van der Waals surface area contributed by atoms with Crippen LogP contribution in [0, 0.1) is 11.3 Å². The Kier molecular flexibility index (Phi) is 7.02. The highest BCUT2D eigenvalue weighted by Crippen LogP contribution is 2.23. The smallest absolute Gasteiger partial charge is 0.267 e. The third-order valence-corrected chi connectivity index (χ3v) is 6.71. The molecule has 7 nitrogen and oxygen atoms in total. The summed E-state index contributed by atoms with van der Waals surface area (Å²) in [5.74, 6) is 0.0482. The normalized spacial score (nSPS) is 16.7. The summed E-state index contributed by atoms with van der Waals surface area (Å²) in [6.45, 7) is 0.607. The molecule has 32 heavy (non-hydrogen) atoms. The number of hydrogen-bond acceptors (Lipinski definition) is 4. The first-order valence-corrected chi connectivity index (χ1v) is 11.9. The van der Waals surface area contributed by atoms with Crippen LogP contribution >= 0.6 is 0 Å². The van der Waals surface area contributed by atoms with E-state index in [-0.39, 0.29) is 22.5 Å². The van der Waals surface area contributed by atoms with Gasteiger partial charge in [-0.05, 0) is 37.0 Å². The van der Waals surface area contributed by atoms with Crippen molar-refractivity contribution < 1.29 is 4.79 Å². The van der Waals surface area contributed by atoms with Gasteiger partial charge in [0.15, 0.2) is 0 Å². The molecule has 0 spiro atoms. The van der Waals surface area contributed by atoms with E-state index in [1.54, 1.807) is 29.9 Å². The predicted molar refractivity (Wildman–Crippen MR) is 126 cm³/mol. The highest BCUT2D eigenvalue weighted by molar-refractivity contribution is 5.96. The van der Waals surface area contributed by atoms with Crippen LogP contribution < -0.4 is 16.4 Å². The topological polar surface area (TPSA) is 92.2 Å². The number of rotatable bonds is 3. The van der Waals surface area contributed by atoms with Crippen molar-refractivity contribution in [2.45, 2.75) is 70.8 Å². The average Bonchev–Trinajstić information content (AvgIpc) is 2.87. The molecule has 3 aromatic heterocycles. The average molecular weight is 436 g/mol. The van der Waals surface area contributed by atoms with Gasteiger partial charge in [0.25, 0.3) is 11.5 Å². The Morgan fingerprint density at radius 2 is 1.75 bits per heavy atom. The second-order valence-corrected chi connectivity index (χ2v) is 8.95. The van der Waals surface area contributed by atoms with Gasteiger partial charge in [-0.3, -0.25) is 19.4 Å². The van der Waals surface area contributed by atoms with Crippen LogP contribution in [0.25, 0.3) is 16.7 Å². The van der Waals surface area contributed by atoms with Gasteiger partial charge in [-0.15, -0.1) is 0 Å². The maximum atomic E-state index is 13.2. The largest absolute Gasteiger partial charge is 0.355 e. The molecular weight excluding hydrogens is 402 g/mol. The molecule has 170 valence electrons. The summed E-state index contributed by atoms with van der Waals surface area (Å²) in [5.41, 5.74) is 1.16. The third kappa shape index (κ3) is 4.61. The Hall–Kier alpha value is -2.96. The zero-order valence-electron chi connectivity index (χ0n) is 18.9. The third-order valence-electron chi connectivity index (χ3n) is 6.71. The van der Waals surface area contributed by atoms with Gasteiger partial charge in [0.05, 0.1) is 10.9 Å². The van der Waals surface area contributed by atoms with Crippen molar-refractivity contribution in [3.63, 3.8) is 0 Å². The summed E-state index contributed by atoms with van der Waals surface area (Å²) < 4.78 is 3.30. The van der Waals surface area contributed by atoms with Gasteiger partial charge in [0.1, 0.15) is 16.8 Å². The quantitative estimate of drug-likeness (QED) is 0.609. The number of aromatic nitrogens is 3. The lowest BCUT2D eigenvalue weighted by Gasteiger charge is -2.21. The van der Waals surface area contributed by atoms with Crippen LogP contribution in [0.15, 0.2) is 35.3 Å². The van der Waals surface area contributed by atoms with Gasteiger partial charge in [-0.2, -0.15) is 0 Å². The summed E-state index contributed by atoms with van der Waals surface area (Å²) in [6, 6.07) is 6.97. The van der Waals surface area contributed by atoms with E-state index in [9.17, 15) is 9.59 Å². The van der Waals surface area contributed by atoms with E-state index in [1.165, 1.54) is 61.8 Å². The highest BCUT2D eigenvalue weighted by Gasteiger charge is 2.19. The van der Waals surface area contributed by atoms with Crippen LogP contribution in [-0.2, 0) is 6.54 Å². The number of nitrogens with zero attached hydrogens (tertiary/aromatic N) is 3. The number of fused-ring (bicyclic) bond motifs is 2. The fraction of sp³-hybridized carbons (Fsp3) is 0.520. The molecular formula is C25H33N5O2. The molecule has 1 aliphatic carbocycles. The van der Waals surface area contributed by atoms with Gasteiger partial charge < -0.3 is 9.88 Å². The molecule has 7 heteroatoms. The fourth-order valence-corrected chi connectivity index (χ4v) is 4.88. The zero-order valence-corrected chi connectivity index (χ0v) is 18.9. The molecule has 1 amide bonds. The minimum atomic E-state index is -0.356. The molecule has 0 unspecified atom stereocenters. The molecule has 3 heterocycles. The van der Waals surface area contributed by atoms with Gasteiger partial charge in [-0.25, -0.2) is 4.98 Å². The second-order valence-electron chi connectivity index (χ2n) is 8.95. The maximum absolute atomic E-state index is 13.2. The van der Waals surface area contributed by atoms with E-state index >= 15 is 0 Å². The number of hydrogen-bond donors (Lipinski definition) is 2. The number of amides is 1. The number of nitrogens with one attached hydrogen (secondary N) is 2. The lowest BCUT2D eigenvalue weighted by molar-refractivity contribution is 0.0960. The van der Waals surface area contributed by atoms with Crippen molar-refractivity contribution in [3.05, 3.63) is 51.9 Å². The predicted octanol–water partition coefficient (Wildman–Crippen LogP) is 4.02. The van der Waals surface area contributed by atoms with Crippen molar-refractivity contribution in [1.29, 1.82) is 5.41 Å². The molecule has 4 rings (SSSR count). The van der Waals surface area contributed by atoms with E-state index in [0.717, 1.165) is 12.8 Å². The molecule has 0 aliphatic heterocycles. The molecule has 0 atom stereocenters. The van der Waals surface area contributed by atoms with Crippen molar-refractivity contribution in [2.75, 3.05) is 7.05 Å². The van der Waals surface area contributed by atoms with Gasteiger partial charge in [0, 0.05) is 19.8 Å². The zero-order chi connectivity index (χ0) is 22.5. The first-order valence-electron chi connectivity index (χ1n) is 11.9.